The van der Waals surface area contributed by atoms with Crippen molar-refractivity contribution in [3.05, 3.63) is 29.8 Å². The van der Waals surface area contributed by atoms with E-state index in [1.54, 1.807) is 45.2 Å². The standard InChI is InChI=1S/C17H25ClO7S/c1-17(2,12-25-26(21,22)10-4-9-18)15(16(19)20)24-11-13-5-7-14(23-3)8-6-13/h5-8,15H,4,9-12H2,1-3H3,(H,19,20). The zero-order valence-corrected chi connectivity index (χ0v) is 16.7. The van der Waals surface area contributed by atoms with Crippen LogP contribution in [-0.4, -0.2) is 50.9 Å². The highest BCUT2D eigenvalue weighted by Gasteiger charge is 2.38. The van der Waals surface area contributed by atoms with Crippen molar-refractivity contribution in [3.8, 4) is 5.75 Å². The lowest BCUT2D eigenvalue weighted by Gasteiger charge is -2.30. The number of carboxylic acid groups (broad SMARTS) is 1. The summed E-state index contributed by atoms with van der Waals surface area (Å²) in [5.74, 6) is -0.518. The molecule has 26 heavy (non-hydrogen) atoms. The molecule has 0 aromatic heterocycles. The minimum atomic E-state index is -3.76. The molecule has 0 aliphatic heterocycles. The van der Waals surface area contributed by atoms with Crippen molar-refractivity contribution in [2.24, 2.45) is 5.41 Å². The fourth-order valence-corrected chi connectivity index (χ4v) is 3.53. The molecule has 1 aromatic carbocycles. The van der Waals surface area contributed by atoms with Crippen LogP contribution in [0.3, 0.4) is 0 Å². The molecule has 0 amide bonds. The van der Waals surface area contributed by atoms with E-state index in [0.717, 1.165) is 5.56 Å². The van der Waals surface area contributed by atoms with Crippen LogP contribution in [0.15, 0.2) is 24.3 Å². The van der Waals surface area contributed by atoms with Gasteiger partial charge in [-0.15, -0.1) is 11.6 Å². The van der Waals surface area contributed by atoms with Crippen LogP contribution in [0.2, 0.25) is 0 Å². The van der Waals surface area contributed by atoms with Crippen LogP contribution in [0.4, 0.5) is 0 Å². The van der Waals surface area contributed by atoms with E-state index < -0.39 is 27.6 Å². The number of halogens is 1. The van der Waals surface area contributed by atoms with E-state index in [0.29, 0.717) is 5.75 Å². The third-order valence-electron chi connectivity index (χ3n) is 3.65. The molecular formula is C17H25ClO7S. The van der Waals surface area contributed by atoms with Crippen molar-refractivity contribution >= 4 is 27.7 Å². The van der Waals surface area contributed by atoms with E-state index in [1.807, 2.05) is 0 Å². The molecule has 9 heteroatoms. The fraction of sp³-hybridized carbons (Fsp3) is 0.588. The van der Waals surface area contributed by atoms with Crippen molar-refractivity contribution in [1.29, 1.82) is 0 Å². The third kappa shape index (κ3) is 7.49. The van der Waals surface area contributed by atoms with Gasteiger partial charge in [0.05, 0.1) is 26.1 Å². The number of ether oxygens (including phenoxy) is 2. The smallest absolute Gasteiger partial charge is 0.333 e. The predicted octanol–water partition coefficient (Wildman–Crippen LogP) is 2.67. The minimum absolute atomic E-state index is 0.0589. The van der Waals surface area contributed by atoms with Gasteiger partial charge < -0.3 is 14.6 Å². The molecule has 0 radical (unpaired) electrons. The number of hydrogen-bond acceptors (Lipinski definition) is 6. The van der Waals surface area contributed by atoms with E-state index in [2.05, 4.69) is 0 Å². The van der Waals surface area contributed by atoms with Crippen LogP contribution in [0.25, 0.3) is 0 Å². The summed E-state index contributed by atoms with van der Waals surface area (Å²) in [4.78, 5) is 11.6. The second kappa shape index (κ2) is 10.1. The van der Waals surface area contributed by atoms with Gasteiger partial charge in [-0.1, -0.05) is 26.0 Å². The van der Waals surface area contributed by atoms with Gasteiger partial charge in [0.15, 0.2) is 6.10 Å². The molecule has 0 bridgehead atoms. The number of carboxylic acids is 1. The van der Waals surface area contributed by atoms with E-state index >= 15 is 0 Å². The highest BCUT2D eigenvalue weighted by Crippen LogP contribution is 2.26. The maximum Gasteiger partial charge on any atom is 0.333 e. The second-order valence-corrected chi connectivity index (χ2v) is 8.57. The zero-order valence-electron chi connectivity index (χ0n) is 15.1. The molecule has 0 fully saturated rings. The summed E-state index contributed by atoms with van der Waals surface area (Å²) in [5.41, 5.74) is -0.296. The molecule has 1 atom stereocenters. The lowest BCUT2D eigenvalue weighted by molar-refractivity contribution is -0.162. The molecule has 0 saturated heterocycles. The van der Waals surface area contributed by atoms with E-state index in [1.165, 1.54) is 0 Å². The largest absolute Gasteiger partial charge is 0.497 e. The summed E-state index contributed by atoms with van der Waals surface area (Å²) in [6, 6.07) is 7.01. The Morgan fingerprint density at radius 2 is 1.88 bits per heavy atom. The predicted molar refractivity (Wildman–Crippen MR) is 98.1 cm³/mol. The Kier molecular flexibility index (Phi) is 8.82. The van der Waals surface area contributed by atoms with E-state index in [4.69, 9.17) is 25.3 Å². The Labute approximate surface area is 159 Å². The lowest BCUT2D eigenvalue weighted by Crippen LogP contribution is -2.42. The maximum atomic E-state index is 11.8. The Balaban J connectivity index is 2.72. The van der Waals surface area contributed by atoms with Gasteiger partial charge in [0.25, 0.3) is 10.1 Å². The van der Waals surface area contributed by atoms with E-state index in [9.17, 15) is 18.3 Å². The Morgan fingerprint density at radius 3 is 2.38 bits per heavy atom. The van der Waals surface area contributed by atoms with Crippen molar-refractivity contribution < 1.29 is 32.0 Å². The van der Waals surface area contributed by atoms with Crippen molar-refractivity contribution in [1.82, 2.24) is 0 Å². The normalized spacial score (nSPS) is 13.4. The molecule has 1 N–H and O–H groups in total. The van der Waals surface area contributed by atoms with E-state index in [-0.39, 0.29) is 31.3 Å². The van der Waals surface area contributed by atoms with Gasteiger partial charge in [0.2, 0.25) is 0 Å². The first-order valence-electron chi connectivity index (χ1n) is 8.01. The van der Waals surface area contributed by atoms with Crippen molar-refractivity contribution in [2.45, 2.75) is 33.0 Å². The quantitative estimate of drug-likeness (QED) is 0.419. The summed E-state index contributed by atoms with van der Waals surface area (Å²) in [5, 5.41) is 9.47. The average Bonchev–Trinajstić information content (AvgIpc) is 2.59. The Hall–Kier alpha value is -1.35. The van der Waals surface area contributed by atoms with Gasteiger partial charge in [-0.2, -0.15) is 8.42 Å². The Bertz CT molecular complexity index is 671. The highest BCUT2D eigenvalue weighted by atomic mass is 35.5. The summed E-state index contributed by atoms with van der Waals surface area (Å²) in [6.45, 7) is 2.91. The van der Waals surface area contributed by atoms with Gasteiger partial charge in [-0.05, 0) is 24.1 Å². The topological polar surface area (TPSA) is 99.1 Å². The van der Waals surface area contributed by atoms with Gasteiger partial charge in [0, 0.05) is 11.3 Å². The van der Waals surface area contributed by atoms with Crippen LogP contribution in [0.5, 0.6) is 5.75 Å². The molecule has 1 rings (SSSR count). The molecule has 0 aliphatic carbocycles. The summed E-state index contributed by atoms with van der Waals surface area (Å²) >= 11 is 5.48. The number of rotatable bonds is 12. The molecule has 0 saturated carbocycles. The SMILES string of the molecule is COc1ccc(COC(C(=O)O)C(C)(C)COS(=O)(=O)CCCCl)cc1. The fourth-order valence-electron chi connectivity index (χ4n) is 2.14. The number of methoxy groups -OCH3 is 1. The van der Waals surface area contributed by atoms with Crippen LogP contribution < -0.4 is 4.74 Å². The summed E-state index contributed by atoms with van der Waals surface area (Å²) < 4.78 is 39.1. The van der Waals surface area contributed by atoms with Gasteiger partial charge in [-0.25, -0.2) is 4.79 Å². The molecule has 0 aliphatic rings. The molecule has 7 nitrogen and oxygen atoms in total. The first kappa shape index (κ1) is 22.7. The lowest BCUT2D eigenvalue weighted by atomic mass is 9.87. The van der Waals surface area contributed by atoms with Crippen LogP contribution in [0.1, 0.15) is 25.8 Å². The first-order valence-corrected chi connectivity index (χ1v) is 10.1. The van der Waals surface area contributed by atoms with Gasteiger partial charge in [0.1, 0.15) is 5.75 Å². The number of hydrogen-bond donors (Lipinski definition) is 1. The maximum absolute atomic E-state index is 11.8. The van der Waals surface area contributed by atoms with Crippen molar-refractivity contribution in [3.63, 3.8) is 0 Å². The molecule has 0 spiro atoms. The number of benzene rings is 1. The molecule has 1 unspecified atom stereocenters. The molecular weight excluding hydrogens is 384 g/mol. The molecule has 1 aromatic rings. The van der Waals surface area contributed by atoms with Crippen LogP contribution in [0, 0.1) is 5.41 Å². The van der Waals surface area contributed by atoms with Crippen molar-refractivity contribution in [2.75, 3.05) is 25.3 Å². The number of aliphatic carboxylic acids is 1. The second-order valence-electron chi connectivity index (χ2n) is 6.43. The van der Waals surface area contributed by atoms with Crippen LogP contribution >= 0.6 is 11.6 Å². The number of alkyl halides is 1. The first-order chi connectivity index (χ1) is 12.1. The minimum Gasteiger partial charge on any atom is -0.497 e. The van der Waals surface area contributed by atoms with Gasteiger partial charge >= 0.3 is 5.97 Å². The van der Waals surface area contributed by atoms with Crippen LogP contribution in [-0.2, 0) is 30.4 Å². The Morgan fingerprint density at radius 1 is 1.27 bits per heavy atom. The number of carbonyl (C=O) groups is 1. The monoisotopic (exact) mass is 408 g/mol. The zero-order chi connectivity index (χ0) is 19.8. The van der Waals surface area contributed by atoms with Gasteiger partial charge in [-0.3, -0.25) is 4.18 Å². The summed E-state index contributed by atoms with van der Waals surface area (Å²) in [6.07, 6.45) is -0.978. The summed E-state index contributed by atoms with van der Waals surface area (Å²) in [7, 11) is -2.21. The third-order valence-corrected chi connectivity index (χ3v) is 5.18. The average molecular weight is 409 g/mol. The molecule has 0 heterocycles. The molecule has 148 valence electrons. The highest BCUT2D eigenvalue weighted by molar-refractivity contribution is 7.86.